The van der Waals surface area contributed by atoms with Gasteiger partial charge in [-0.25, -0.2) is 0 Å². The third-order valence-corrected chi connectivity index (χ3v) is 34.8. The van der Waals surface area contributed by atoms with E-state index in [1.165, 1.54) is 218 Å². The standard InChI is InChI=1S/C125H73IN4O2/c1-4-20-74(21-5-1)123(75-22-6-2-7-23-75)83-37-36-77-59-101-107-65-88(81-44-52-121-105(63-81)98-29-13-18-34-119(98)131-121)66-108-102-60-78-40-48-92(55-85(78)70-116(102)129(124(107)108)115(101)69-84(77)54-83)126(90-24-8-3-9-25-90)91-46-38-73(39-47-91)76-43-51-114-100(58-76)97-28-12-17-33-113(97)128(114)94-50-42-80-62-104-110-68-89(82-45-53-122-106(64-82)99-30-14-19-35-120(99)132-122)67-109-103-61-79-41-49-93(127-111-31-15-10-26-95(111)96-27-11-16-32-112(96)127)56-86(79)71-117(103)130(125(109)110)118(104)72-87(80)57-94/h1-72,123H. The zero-order valence-electron chi connectivity index (χ0n) is 71.1. The van der Waals surface area contributed by atoms with Crippen molar-refractivity contribution in [3.05, 3.63) is 464 Å². The van der Waals surface area contributed by atoms with Gasteiger partial charge in [0.2, 0.25) is 0 Å². The van der Waals surface area contributed by atoms with Crippen LogP contribution in [0.15, 0.2) is 446 Å². The van der Waals surface area contributed by atoms with E-state index in [4.69, 9.17) is 8.83 Å². The van der Waals surface area contributed by atoms with Gasteiger partial charge in [0.1, 0.15) is 22.3 Å². The first-order chi connectivity index (χ1) is 65.4. The zero-order valence-corrected chi connectivity index (χ0v) is 73.3. The summed E-state index contributed by atoms with van der Waals surface area (Å²) in [5, 5.41) is 29.1. The fraction of sp³-hybridized carbons (Fsp3) is 0.00800. The average Bonchev–Trinajstić information content (AvgIpc) is 1.53. The third-order valence-electron chi connectivity index (χ3n) is 28.9. The first kappa shape index (κ1) is 72.4. The Kier molecular flexibility index (Phi) is 15.1. The number of hydrogen-bond acceptors (Lipinski definition) is 2. The number of furan rings is 2. The summed E-state index contributed by atoms with van der Waals surface area (Å²) in [6.07, 6.45) is 0. The second-order valence-electron chi connectivity index (χ2n) is 36.1. The summed E-state index contributed by atoms with van der Waals surface area (Å²) >= 11 is -2.35. The number of halogens is 1. The summed E-state index contributed by atoms with van der Waals surface area (Å²) in [5.41, 5.74) is 28.8. The Morgan fingerprint density at radius 3 is 0.992 bits per heavy atom. The summed E-state index contributed by atoms with van der Waals surface area (Å²) in [7, 11) is 0. The van der Waals surface area contributed by atoms with E-state index in [-0.39, 0.29) is 5.92 Å². The van der Waals surface area contributed by atoms with Gasteiger partial charge in [-0.15, -0.1) is 0 Å². The second-order valence-corrected chi connectivity index (χ2v) is 41.4. The van der Waals surface area contributed by atoms with E-state index in [1.54, 1.807) is 0 Å². The van der Waals surface area contributed by atoms with E-state index in [1.807, 2.05) is 6.07 Å². The van der Waals surface area contributed by atoms with Crippen LogP contribution >= 0.6 is 19.8 Å². The van der Waals surface area contributed by atoms with E-state index in [2.05, 4.69) is 449 Å². The van der Waals surface area contributed by atoms with Crippen LogP contribution in [0.4, 0.5) is 0 Å². The Morgan fingerprint density at radius 1 is 0.174 bits per heavy atom. The van der Waals surface area contributed by atoms with Crippen molar-refractivity contribution >= 4 is 227 Å². The quantitative estimate of drug-likeness (QED) is 0.0957. The summed E-state index contributed by atoms with van der Waals surface area (Å²) in [4.78, 5) is 0. The number of nitrogens with zero attached hydrogens (tertiary/aromatic N) is 4. The molecule has 0 spiro atoms. The number of aromatic nitrogens is 4. The molecule has 132 heavy (non-hydrogen) atoms. The van der Waals surface area contributed by atoms with Gasteiger partial charge >= 0.3 is 377 Å². The molecule has 30 rings (SSSR count). The van der Waals surface area contributed by atoms with Crippen LogP contribution in [0.3, 0.4) is 0 Å². The maximum atomic E-state index is 6.41. The first-order valence-corrected chi connectivity index (χ1v) is 48.7. The molecule has 8 heterocycles. The van der Waals surface area contributed by atoms with Gasteiger partial charge < -0.3 is 17.8 Å². The minimum absolute atomic E-state index is 0.0755. The molecule has 0 amide bonds. The molecule has 7 heteroatoms. The van der Waals surface area contributed by atoms with Crippen molar-refractivity contribution in [1.82, 2.24) is 17.9 Å². The smallest absolute Gasteiger partial charge is 0.0581 e. The summed E-state index contributed by atoms with van der Waals surface area (Å²) < 4.78 is 27.1. The van der Waals surface area contributed by atoms with Crippen molar-refractivity contribution in [1.29, 1.82) is 0 Å². The number of hydrogen-bond donors (Lipinski definition) is 0. The second kappa shape index (κ2) is 27.5. The molecule has 0 aliphatic heterocycles. The van der Waals surface area contributed by atoms with Gasteiger partial charge in [-0.3, -0.25) is 0 Å². The largest absolute Gasteiger partial charge is 0.0620 e. The Morgan fingerprint density at radius 2 is 0.508 bits per heavy atom. The van der Waals surface area contributed by atoms with E-state index in [0.29, 0.717) is 0 Å². The molecule has 30 aromatic rings. The van der Waals surface area contributed by atoms with Crippen molar-refractivity contribution < 1.29 is 8.83 Å². The predicted octanol–water partition coefficient (Wildman–Crippen LogP) is 34.2. The fourth-order valence-corrected chi connectivity index (χ4v) is 28.5. The molecule has 0 aliphatic rings. The van der Waals surface area contributed by atoms with Crippen LogP contribution < -0.4 is 0 Å². The number of fused-ring (bicyclic) bond motifs is 28. The van der Waals surface area contributed by atoms with Crippen molar-refractivity contribution in [3.8, 4) is 44.8 Å². The number of rotatable bonds is 11. The molecule has 0 N–H and O–H groups in total. The monoisotopic (exact) mass is 1790 g/mol. The van der Waals surface area contributed by atoms with Gasteiger partial charge in [0.15, 0.2) is 0 Å². The molecule has 0 bridgehead atoms. The third kappa shape index (κ3) is 10.6. The van der Waals surface area contributed by atoms with Crippen molar-refractivity contribution in [3.63, 3.8) is 0 Å². The molecular formula is C125H73IN4O2. The van der Waals surface area contributed by atoms with Gasteiger partial charge in [0, 0.05) is 54.2 Å². The van der Waals surface area contributed by atoms with Crippen molar-refractivity contribution in [2.45, 2.75) is 5.92 Å². The molecule has 612 valence electrons. The molecular weight excluding hydrogens is 1720 g/mol. The van der Waals surface area contributed by atoms with E-state index in [0.717, 1.165) is 60.8 Å². The van der Waals surface area contributed by atoms with Crippen molar-refractivity contribution in [2.75, 3.05) is 0 Å². The maximum Gasteiger partial charge on any atom is -0.0581 e. The molecule has 0 saturated heterocycles. The Hall–Kier alpha value is -16.6. The van der Waals surface area contributed by atoms with E-state index < -0.39 is 19.8 Å². The van der Waals surface area contributed by atoms with Gasteiger partial charge in [-0.05, 0) is 123 Å². The zero-order chi connectivity index (χ0) is 85.8. The van der Waals surface area contributed by atoms with Gasteiger partial charge in [-0.1, -0.05) is 146 Å². The van der Waals surface area contributed by atoms with Gasteiger partial charge in [0.05, 0.1) is 27.6 Å². The number of benzene rings is 22. The normalized spacial score (nSPS) is 12.6. The van der Waals surface area contributed by atoms with Gasteiger partial charge in [0.25, 0.3) is 0 Å². The van der Waals surface area contributed by atoms with Crippen LogP contribution in [0.2, 0.25) is 0 Å². The van der Waals surface area contributed by atoms with Crippen LogP contribution in [0, 0.1) is 10.7 Å². The van der Waals surface area contributed by atoms with Crippen LogP contribution in [0.5, 0.6) is 0 Å². The molecule has 0 atom stereocenters. The molecule has 0 unspecified atom stereocenters. The molecule has 8 aromatic heterocycles. The SMILES string of the molecule is c1ccc(C(c2ccccc2)c2ccc3cc4c5cc(-c6ccc7oc8ccccc8c7c6)cc6c7cc8ccc(I(c9ccccc9)c9ccc(-c%10ccc%11c(c%10)c%10ccccc%10n%11-c%10ccc%11cc%12c%13cc(-c%14ccc%15oc%16ccccc%16c%15c%14)cc%14c%15cc%16ccc(-n%17c%18ccccc%18c%18ccccc%18%17)cc%16cc%15n(c%12cc%11c%10)c%14%13)cc9)cc8cc7n(c4cc3c2)c56)cc1. The Labute approximate surface area is 762 Å². The topological polar surface area (TPSA) is 45.0 Å². The van der Waals surface area contributed by atoms with E-state index >= 15 is 0 Å². The van der Waals surface area contributed by atoms with E-state index in [9.17, 15) is 0 Å². The summed E-state index contributed by atoms with van der Waals surface area (Å²) in [6.45, 7) is 0. The molecule has 6 nitrogen and oxygen atoms in total. The maximum absolute atomic E-state index is 6.41. The summed E-state index contributed by atoms with van der Waals surface area (Å²) in [5.74, 6) is 0.0755. The molecule has 0 saturated carbocycles. The Balaban J connectivity index is 0.533. The number of para-hydroxylation sites is 5. The Bertz CT molecular complexity index is 10100. The van der Waals surface area contributed by atoms with Crippen molar-refractivity contribution in [2.24, 2.45) is 0 Å². The van der Waals surface area contributed by atoms with Crippen LogP contribution in [0.1, 0.15) is 22.6 Å². The van der Waals surface area contributed by atoms with Gasteiger partial charge in [-0.2, -0.15) is 0 Å². The molecule has 0 fully saturated rings. The average molecular weight is 1790 g/mol. The van der Waals surface area contributed by atoms with Crippen LogP contribution in [-0.2, 0) is 0 Å². The summed E-state index contributed by atoms with van der Waals surface area (Å²) in [6, 6.07) is 165. The minimum atomic E-state index is -2.35. The minimum Gasteiger partial charge on any atom is -0.0620 e. The van der Waals surface area contributed by atoms with Crippen LogP contribution in [0.25, 0.3) is 252 Å². The van der Waals surface area contributed by atoms with Crippen LogP contribution in [-0.4, -0.2) is 17.9 Å². The molecule has 0 radical (unpaired) electrons. The fourth-order valence-electron chi connectivity index (χ4n) is 22.9. The molecule has 0 aliphatic carbocycles. The molecule has 22 aromatic carbocycles. The first-order valence-electron chi connectivity index (χ1n) is 45.5. The predicted molar refractivity (Wildman–Crippen MR) is 562 cm³/mol.